The van der Waals surface area contributed by atoms with E-state index in [1.807, 2.05) is 0 Å². The standard InChI is InChI=1S/C35H39NSi2/c1-35(2,3)30-21-26(20-24-12-8-9-13-27(24)30)32-23-29(28-14-10-11-15-31(28)36-32)25-16-17-33-34(22-25)38(6,7)19-18-37(33,4)5/h8-17,20-23H,18-19H2,1-7H3. The minimum Gasteiger partial charge on any atom is -0.248 e. The molecule has 1 aromatic heterocycles. The molecule has 0 N–H and O–H groups in total. The molecule has 1 nitrogen and oxygen atoms in total. The van der Waals surface area contributed by atoms with Gasteiger partial charge in [0.15, 0.2) is 0 Å². The average Bonchev–Trinajstić information content (AvgIpc) is 2.89. The Morgan fingerprint density at radius 3 is 2.03 bits per heavy atom. The molecule has 0 fully saturated rings. The second-order valence-electron chi connectivity index (χ2n) is 13.6. The van der Waals surface area contributed by atoms with Crippen LogP contribution >= 0.6 is 0 Å². The molecular formula is C35H39NSi2. The number of rotatable bonds is 2. The van der Waals surface area contributed by atoms with Crippen molar-refractivity contribution in [3.63, 3.8) is 0 Å². The minimum atomic E-state index is -1.45. The van der Waals surface area contributed by atoms with Crippen molar-refractivity contribution >= 4 is 48.2 Å². The number of hydrogen-bond donors (Lipinski definition) is 0. The summed E-state index contributed by atoms with van der Waals surface area (Å²) in [6.45, 7) is 17.2. The molecule has 6 rings (SSSR count). The van der Waals surface area contributed by atoms with Crippen molar-refractivity contribution in [3.05, 3.63) is 90.5 Å². The fraction of sp³-hybridized carbons (Fsp3) is 0.286. The SMILES string of the molecule is CC(C)(C)c1cc(-c2cc(-c3ccc4c(c3)[Si](C)(C)CC[Si]4(C)C)c3ccccc3n2)cc2ccccc12. The molecule has 0 atom stereocenters. The Morgan fingerprint density at radius 1 is 0.632 bits per heavy atom. The lowest BCUT2D eigenvalue weighted by Gasteiger charge is -2.39. The number of benzene rings is 4. The predicted octanol–water partition coefficient (Wildman–Crippen LogP) is 8.86. The lowest BCUT2D eigenvalue weighted by Crippen LogP contribution is -2.63. The van der Waals surface area contributed by atoms with Gasteiger partial charge in [-0.2, -0.15) is 0 Å². The van der Waals surface area contributed by atoms with Gasteiger partial charge >= 0.3 is 0 Å². The Hall–Kier alpha value is -3.02. The van der Waals surface area contributed by atoms with Gasteiger partial charge in [0, 0.05) is 10.9 Å². The monoisotopic (exact) mass is 529 g/mol. The molecule has 0 saturated carbocycles. The Balaban J connectivity index is 1.60. The Morgan fingerprint density at radius 2 is 1.29 bits per heavy atom. The van der Waals surface area contributed by atoms with E-state index in [2.05, 4.69) is 132 Å². The fourth-order valence-electron chi connectivity index (χ4n) is 6.40. The summed E-state index contributed by atoms with van der Waals surface area (Å²) in [4.78, 5) is 5.22. The summed E-state index contributed by atoms with van der Waals surface area (Å²) >= 11 is 0. The van der Waals surface area contributed by atoms with Crippen LogP contribution < -0.4 is 10.4 Å². The number of hydrogen-bond acceptors (Lipinski definition) is 1. The normalized spacial score (nSPS) is 16.5. The highest BCUT2D eigenvalue weighted by Gasteiger charge is 2.39. The molecule has 1 aliphatic rings. The van der Waals surface area contributed by atoms with E-state index in [0.29, 0.717) is 0 Å². The van der Waals surface area contributed by atoms with Crippen LogP contribution in [0.5, 0.6) is 0 Å². The van der Waals surface area contributed by atoms with Crippen molar-refractivity contribution in [2.75, 3.05) is 0 Å². The molecule has 3 heteroatoms. The van der Waals surface area contributed by atoms with Gasteiger partial charge in [0.25, 0.3) is 0 Å². The van der Waals surface area contributed by atoms with Crippen LogP contribution in [0.15, 0.2) is 84.9 Å². The van der Waals surface area contributed by atoms with Gasteiger partial charge in [0.05, 0.1) is 27.4 Å². The van der Waals surface area contributed by atoms with Gasteiger partial charge in [0.2, 0.25) is 0 Å². The van der Waals surface area contributed by atoms with Crippen LogP contribution in [-0.4, -0.2) is 21.1 Å². The third-order valence-electron chi connectivity index (χ3n) is 8.85. The van der Waals surface area contributed by atoms with E-state index >= 15 is 0 Å². The van der Waals surface area contributed by atoms with Crippen molar-refractivity contribution in [1.82, 2.24) is 4.98 Å². The fourth-order valence-corrected chi connectivity index (χ4v) is 16.7. The van der Waals surface area contributed by atoms with Gasteiger partial charge in [0.1, 0.15) is 0 Å². The molecule has 0 aliphatic carbocycles. The molecule has 4 aromatic carbocycles. The Bertz CT molecular complexity index is 1710. The molecule has 38 heavy (non-hydrogen) atoms. The van der Waals surface area contributed by atoms with Crippen LogP contribution in [0.25, 0.3) is 44.1 Å². The Labute approximate surface area is 230 Å². The van der Waals surface area contributed by atoms with E-state index in [4.69, 9.17) is 4.98 Å². The maximum Gasteiger partial charge on any atom is 0.0802 e. The molecule has 2 heterocycles. The van der Waals surface area contributed by atoms with E-state index in [1.54, 1.807) is 10.4 Å². The molecular weight excluding hydrogens is 491 g/mol. The average molecular weight is 530 g/mol. The van der Waals surface area contributed by atoms with Crippen LogP contribution in [0.3, 0.4) is 0 Å². The summed E-state index contributed by atoms with van der Waals surface area (Å²) in [7, 11) is -2.82. The second-order valence-corrected chi connectivity index (χ2v) is 23.2. The number of aromatic nitrogens is 1. The number of nitrogens with zero attached hydrogens (tertiary/aromatic N) is 1. The van der Waals surface area contributed by atoms with E-state index in [1.165, 1.54) is 50.5 Å². The molecule has 192 valence electrons. The first-order chi connectivity index (χ1) is 17.9. The van der Waals surface area contributed by atoms with Crippen molar-refractivity contribution < 1.29 is 0 Å². The number of fused-ring (bicyclic) bond motifs is 3. The largest absolute Gasteiger partial charge is 0.248 e. The highest BCUT2D eigenvalue weighted by atomic mass is 28.3. The summed E-state index contributed by atoms with van der Waals surface area (Å²) in [6, 6.07) is 34.8. The molecule has 1 aliphatic heterocycles. The summed E-state index contributed by atoms with van der Waals surface area (Å²) in [5.41, 5.74) is 7.37. The van der Waals surface area contributed by atoms with Crippen LogP contribution in [-0.2, 0) is 5.41 Å². The van der Waals surface area contributed by atoms with E-state index < -0.39 is 16.1 Å². The van der Waals surface area contributed by atoms with E-state index in [-0.39, 0.29) is 5.41 Å². The van der Waals surface area contributed by atoms with Crippen molar-refractivity contribution in [1.29, 1.82) is 0 Å². The van der Waals surface area contributed by atoms with E-state index in [9.17, 15) is 0 Å². The second kappa shape index (κ2) is 8.76. The number of para-hydroxylation sites is 1. The maximum absolute atomic E-state index is 5.22. The van der Waals surface area contributed by atoms with E-state index in [0.717, 1.165) is 11.2 Å². The van der Waals surface area contributed by atoms with Crippen LogP contribution in [0.1, 0.15) is 26.3 Å². The molecule has 5 aromatic rings. The van der Waals surface area contributed by atoms with Gasteiger partial charge in [-0.25, -0.2) is 4.98 Å². The summed E-state index contributed by atoms with van der Waals surface area (Å²) in [5, 5.41) is 7.24. The van der Waals surface area contributed by atoms with Crippen LogP contribution in [0, 0.1) is 0 Å². The molecule has 0 radical (unpaired) electrons. The maximum atomic E-state index is 5.22. The molecule has 0 saturated heterocycles. The van der Waals surface area contributed by atoms with Crippen molar-refractivity contribution in [3.8, 4) is 22.4 Å². The minimum absolute atomic E-state index is 0.0423. The topological polar surface area (TPSA) is 12.9 Å². The van der Waals surface area contributed by atoms with Crippen LogP contribution in [0.2, 0.25) is 38.3 Å². The summed E-state index contributed by atoms with van der Waals surface area (Å²) < 4.78 is 0. The first-order valence-electron chi connectivity index (χ1n) is 14.0. The lowest BCUT2D eigenvalue weighted by molar-refractivity contribution is 0.596. The van der Waals surface area contributed by atoms with Crippen molar-refractivity contribution in [2.24, 2.45) is 0 Å². The first kappa shape index (κ1) is 25.3. The van der Waals surface area contributed by atoms with Gasteiger partial charge in [-0.05, 0) is 57.1 Å². The zero-order valence-electron chi connectivity index (χ0n) is 23.9. The molecule has 0 bridgehead atoms. The third kappa shape index (κ3) is 4.26. The van der Waals surface area contributed by atoms with Gasteiger partial charge in [-0.15, -0.1) is 0 Å². The van der Waals surface area contributed by atoms with Gasteiger partial charge in [-0.1, -0.05) is 130 Å². The molecule has 0 unspecified atom stereocenters. The molecule has 0 amide bonds. The van der Waals surface area contributed by atoms with Gasteiger partial charge in [-0.3, -0.25) is 0 Å². The predicted molar refractivity (Wildman–Crippen MR) is 173 cm³/mol. The lowest BCUT2D eigenvalue weighted by atomic mass is 9.82. The summed E-state index contributed by atoms with van der Waals surface area (Å²) in [5.74, 6) is 0. The van der Waals surface area contributed by atoms with Gasteiger partial charge < -0.3 is 0 Å². The number of pyridine rings is 1. The summed E-state index contributed by atoms with van der Waals surface area (Å²) in [6.07, 6.45) is 0. The highest BCUT2D eigenvalue weighted by Crippen LogP contribution is 2.37. The third-order valence-corrected chi connectivity index (χ3v) is 16.4. The van der Waals surface area contributed by atoms with Crippen LogP contribution in [0.4, 0.5) is 0 Å². The first-order valence-corrected chi connectivity index (χ1v) is 20.4. The quantitative estimate of drug-likeness (QED) is 0.208. The van der Waals surface area contributed by atoms with Crippen molar-refractivity contribution in [2.45, 2.75) is 64.5 Å². The Kier molecular flexibility index (Phi) is 5.82. The zero-order valence-corrected chi connectivity index (χ0v) is 25.9. The highest BCUT2D eigenvalue weighted by molar-refractivity contribution is 7.03. The molecule has 0 spiro atoms. The smallest absolute Gasteiger partial charge is 0.0802 e. The zero-order chi connectivity index (χ0) is 26.9.